The average molecular weight is 350 g/mol. The fourth-order valence-corrected chi connectivity index (χ4v) is 2.71. The highest BCUT2D eigenvalue weighted by Crippen LogP contribution is 2.16. The third-order valence-corrected chi connectivity index (χ3v) is 4.18. The third-order valence-electron chi connectivity index (χ3n) is 3.96. The lowest BCUT2D eigenvalue weighted by Crippen LogP contribution is -2.43. The maximum atomic E-state index is 11.7. The Hall–Kier alpha value is -2.12. The van der Waals surface area contributed by atoms with E-state index in [0.717, 1.165) is 37.6 Å². The number of hydrogen-bond acceptors (Lipinski definition) is 6. The van der Waals surface area contributed by atoms with Crippen molar-refractivity contribution in [2.24, 2.45) is 7.05 Å². The van der Waals surface area contributed by atoms with Crippen LogP contribution in [0.2, 0.25) is 5.02 Å². The van der Waals surface area contributed by atoms with E-state index in [1.54, 1.807) is 31.6 Å². The number of hydrogen-bond donors (Lipinski definition) is 1. The fraction of sp³-hybridized carbons (Fsp3) is 0.438. The van der Waals surface area contributed by atoms with Gasteiger partial charge in [-0.1, -0.05) is 11.6 Å². The Balaban J connectivity index is 1.52. The average Bonchev–Trinajstić information content (AvgIpc) is 2.59. The van der Waals surface area contributed by atoms with Crippen molar-refractivity contribution in [3.8, 4) is 0 Å². The molecule has 3 rings (SSSR count). The zero-order valence-electron chi connectivity index (χ0n) is 13.5. The summed E-state index contributed by atoms with van der Waals surface area (Å²) in [5, 5.41) is 7.95. The first-order valence-electron chi connectivity index (χ1n) is 7.87. The van der Waals surface area contributed by atoms with Crippen molar-refractivity contribution in [2.75, 3.05) is 36.5 Å². The maximum Gasteiger partial charge on any atom is 0.268 e. The van der Waals surface area contributed by atoms with Gasteiger partial charge in [0, 0.05) is 38.9 Å². The van der Waals surface area contributed by atoms with Gasteiger partial charge >= 0.3 is 0 Å². The van der Waals surface area contributed by atoms with Crippen LogP contribution in [0, 0.1) is 0 Å². The Kier molecular flexibility index (Phi) is 5.32. The van der Waals surface area contributed by atoms with Crippen molar-refractivity contribution in [3.63, 3.8) is 0 Å². The van der Waals surface area contributed by atoms with Crippen molar-refractivity contribution < 1.29 is 4.74 Å². The van der Waals surface area contributed by atoms with Gasteiger partial charge in [-0.2, -0.15) is 5.10 Å². The molecule has 7 nitrogen and oxygen atoms in total. The van der Waals surface area contributed by atoms with E-state index in [4.69, 9.17) is 16.3 Å². The minimum absolute atomic E-state index is 0.0996. The first-order chi connectivity index (χ1) is 11.6. The lowest BCUT2D eigenvalue weighted by atomic mass is 10.2. The largest absolute Gasteiger partial charge is 0.374 e. The highest BCUT2D eigenvalue weighted by Gasteiger charge is 2.21. The molecule has 1 atom stereocenters. The number of ether oxygens (including phenoxy) is 1. The first kappa shape index (κ1) is 16.7. The molecule has 0 amide bonds. The smallest absolute Gasteiger partial charge is 0.268 e. The number of nitrogens with zero attached hydrogens (tertiary/aromatic N) is 4. The number of rotatable bonds is 5. The van der Waals surface area contributed by atoms with Crippen molar-refractivity contribution in [1.82, 2.24) is 14.8 Å². The van der Waals surface area contributed by atoms with Crippen LogP contribution in [0.15, 0.2) is 35.4 Å². The molecule has 2 aromatic rings. The Labute approximate surface area is 145 Å². The van der Waals surface area contributed by atoms with Crippen molar-refractivity contribution in [1.29, 1.82) is 0 Å². The number of pyridine rings is 1. The molecule has 3 heterocycles. The monoisotopic (exact) mass is 349 g/mol. The van der Waals surface area contributed by atoms with E-state index < -0.39 is 0 Å². The summed E-state index contributed by atoms with van der Waals surface area (Å²) in [6.45, 7) is 2.89. The van der Waals surface area contributed by atoms with Crippen LogP contribution >= 0.6 is 11.6 Å². The number of halogens is 1. The summed E-state index contributed by atoms with van der Waals surface area (Å²) in [6, 6.07) is 5.27. The van der Waals surface area contributed by atoms with Crippen LogP contribution < -0.4 is 15.8 Å². The van der Waals surface area contributed by atoms with E-state index >= 15 is 0 Å². The highest BCUT2D eigenvalue weighted by atomic mass is 35.5. The van der Waals surface area contributed by atoms with Gasteiger partial charge in [-0.05, 0) is 18.6 Å². The zero-order chi connectivity index (χ0) is 16.9. The Morgan fingerprint density at radius 3 is 3.04 bits per heavy atom. The van der Waals surface area contributed by atoms with Crippen LogP contribution in [-0.2, 0) is 11.8 Å². The SMILES string of the molecule is Cn1ncc(N2CCO[C@@H](CCNc3ccc(Cl)cn3)C2)cc1=O. The van der Waals surface area contributed by atoms with Crippen LogP contribution in [-0.4, -0.2) is 47.1 Å². The second-order valence-electron chi connectivity index (χ2n) is 5.69. The predicted octanol–water partition coefficient (Wildman–Crippen LogP) is 1.54. The summed E-state index contributed by atoms with van der Waals surface area (Å²) in [5.74, 6) is 0.794. The first-order valence-corrected chi connectivity index (χ1v) is 8.25. The molecule has 1 aliphatic heterocycles. The van der Waals surface area contributed by atoms with Crippen LogP contribution in [0.25, 0.3) is 0 Å². The molecular formula is C16H20ClN5O2. The standard InChI is InChI=1S/C16H20ClN5O2/c1-21-16(23)8-13(10-20-21)22-6-7-24-14(11-22)4-5-18-15-3-2-12(17)9-19-15/h2-3,8-10,14H,4-7,11H2,1H3,(H,18,19)/t14-/m0/s1. The molecule has 0 aromatic carbocycles. The van der Waals surface area contributed by atoms with E-state index in [9.17, 15) is 4.79 Å². The van der Waals surface area contributed by atoms with Gasteiger partial charge in [0.2, 0.25) is 0 Å². The normalized spacial score (nSPS) is 17.8. The predicted molar refractivity (Wildman–Crippen MR) is 93.8 cm³/mol. The quantitative estimate of drug-likeness (QED) is 0.882. The van der Waals surface area contributed by atoms with E-state index in [1.807, 2.05) is 6.07 Å². The number of anilines is 2. The Bertz CT molecular complexity index is 734. The van der Waals surface area contributed by atoms with Gasteiger partial charge < -0.3 is 15.0 Å². The molecule has 0 saturated carbocycles. The molecular weight excluding hydrogens is 330 g/mol. The second-order valence-corrected chi connectivity index (χ2v) is 6.13. The van der Waals surface area contributed by atoms with Gasteiger partial charge in [0.1, 0.15) is 5.82 Å². The molecule has 0 radical (unpaired) electrons. The molecule has 24 heavy (non-hydrogen) atoms. The van der Waals surface area contributed by atoms with Crippen molar-refractivity contribution in [3.05, 3.63) is 46.0 Å². The summed E-state index contributed by atoms with van der Waals surface area (Å²) in [6.07, 6.45) is 4.28. The van der Waals surface area contributed by atoms with E-state index in [0.29, 0.717) is 11.6 Å². The summed E-state index contributed by atoms with van der Waals surface area (Å²) < 4.78 is 7.14. The van der Waals surface area contributed by atoms with Crippen LogP contribution in [0.5, 0.6) is 0 Å². The van der Waals surface area contributed by atoms with Gasteiger partial charge in [0.25, 0.3) is 5.56 Å². The van der Waals surface area contributed by atoms with E-state index in [2.05, 4.69) is 20.3 Å². The molecule has 0 unspecified atom stereocenters. The van der Waals surface area contributed by atoms with Crippen LogP contribution in [0.3, 0.4) is 0 Å². The van der Waals surface area contributed by atoms with Crippen LogP contribution in [0.4, 0.5) is 11.5 Å². The topological polar surface area (TPSA) is 72.3 Å². The van der Waals surface area contributed by atoms with E-state index in [1.165, 1.54) is 4.68 Å². The fourth-order valence-electron chi connectivity index (χ4n) is 2.60. The minimum atomic E-state index is -0.106. The molecule has 0 aliphatic carbocycles. The molecule has 2 aromatic heterocycles. The summed E-state index contributed by atoms with van der Waals surface area (Å²) in [7, 11) is 1.64. The molecule has 1 aliphatic rings. The number of morpholine rings is 1. The van der Waals surface area contributed by atoms with Crippen molar-refractivity contribution >= 4 is 23.1 Å². The van der Waals surface area contributed by atoms with Crippen molar-refractivity contribution in [2.45, 2.75) is 12.5 Å². The lowest BCUT2D eigenvalue weighted by molar-refractivity contribution is 0.0374. The molecule has 1 N–H and O–H groups in total. The number of aromatic nitrogens is 3. The van der Waals surface area contributed by atoms with Gasteiger partial charge in [0.15, 0.2) is 0 Å². The van der Waals surface area contributed by atoms with Crippen LogP contribution in [0.1, 0.15) is 6.42 Å². The van der Waals surface area contributed by atoms with Gasteiger partial charge in [0.05, 0.1) is 29.6 Å². The van der Waals surface area contributed by atoms with Gasteiger partial charge in [-0.25, -0.2) is 9.67 Å². The molecule has 128 valence electrons. The summed E-state index contributed by atoms with van der Waals surface area (Å²) in [4.78, 5) is 18.1. The van der Waals surface area contributed by atoms with Gasteiger partial charge in [-0.15, -0.1) is 0 Å². The summed E-state index contributed by atoms with van der Waals surface area (Å²) in [5.41, 5.74) is 0.741. The second kappa shape index (κ2) is 7.63. The maximum absolute atomic E-state index is 11.7. The summed E-state index contributed by atoms with van der Waals surface area (Å²) >= 11 is 5.82. The van der Waals surface area contributed by atoms with E-state index in [-0.39, 0.29) is 11.7 Å². The number of nitrogens with one attached hydrogen (secondary N) is 1. The Morgan fingerprint density at radius 2 is 2.29 bits per heavy atom. The van der Waals surface area contributed by atoms with Gasteiger partial charge in [-0.3, -0.25) is 4.79 Å². The molecule has 0 bridgehead atoms. The Morgan fingerprint density at radius 1 is 1.42 bits per heavy atom. The molecule has 1 fully saturated rings. The zero-order valence-corrected chi connectivity index (χ0v) is 14.2. The third kappa shape index (κ3) is 4.24. The highest BCUT2D eigenvalue weighted by molar-refractivity contribution is 6.30. The molecule has 1 saturated heterocycles. The number of aryl methyl sites for hydroxylation is 1. The molecule has 0 spiro atoms. The minimum Gasteiger partial charge on any atom is -0.374 e. The lowest BCUT2D eigenvalue weighted by Gasteiger charge is -2.34. The molecule has 8 heteroatoms.